The van der Waals surface area contributed by atoms with Gasteiger partial charge in [-0.05, 0) is 6.42 Å². The zero-order valence-corrected chi connectivity index (χ0v) is 11.7. The maximum Gasteiger partial charge on any atom is 0.274 e. The van der Waals surface area contributed by atoms with Gasteiger partial charge in [0.15, 0.2) is 0 Å². The van der Waals surface area contributed by atoms with Crippen LogP contribution in [0.1, 0.15) is 28.9 Å². The van der Waals surface area contributed by atoms with Crippen molar-refractivity contribution in [2.45, 2.75) is 26.4 Å². The van der Waals surface area contributed by atoms with Gasteiger partial charge in [0, 0.05) is 32.5 Å². The van der Waals surface area contributed by atoms with Gasteiger partial charge in [-0.25, -0.2) is 4.98 Å². The van der Waals surface area contributed by atoms with E-state index in [0.717, 1.165) is 24.5 Å². The second-order valence-electron chi connectivity index (χ2n) is 4.95. The van der Waals surface area contributed by atoms with Gasteiger partial charge in [0.1, 0.15) is 11.5 Å². The van der Waals surface area contributed by atoms with Crippen LogP contribution in [0.3, 0.4) is 0 Å². The maximum atomic E-state index is 12.7. The standard InChI is InChI=1S/C13H18N6O/c1-3-9-11(14)12(17(2)16-9)13(20)19-7-6-18-5-4-15-10(18)8-19/h4-5H,3,6-8,14H2,1-2H3. The van der Waals surface area contributed by atoms with Crippen molar-refractivity contribution in [1.29, 1.82) is 0 Å². The molecule has 0 bridgehead atoms. The van der Waals surface area contributed by atoms with Gasteiger partial charge >= 0.3 is 0 Å². The zero-order chi connectivity index (χ0) is 14.3. The fraction of sp³-hybridized carbons (Fsp3) is 0.462. The SMILES string of the molecule is CCc1nn(C)c(C(=O)N2CCn3ccnc3C2)c1N. The zero-order valence-electron chi connectivity index (χ0n) is 11.7. The number of nitrogens with zero attached hydrogens (tertiary/aromatic N) is 5. The van der Waals surface area contributed by atoms with E-state index in [9.17, 15) is 4.79 Å². The Balaban J connectivity index is 1.89. The largest absolute Gasteiger partial charge is 0.395 e. The lowest BCUT2D eigenvalue weighted by atomic mass is 10.2. The molecule has 1 aliphatic heterocycles. The lowest BCUT2D eigenvalue weighted by molar-refractivity contribution is 0.0697. The van der Waals surface area contributed by atoms with Crippen molar-refractivity contribution in [2.24, 2.45) is 7.05 Å². The van der Waals surface area contributed by atoms with E-state index in [1.807, 2.05) is 13.1 Å². The average Bonchev–Trinajstić information content (AvgIpc) is 3.01. The van der Waals surface area contributed by atoms with Gasteiger partial charge in [0.2, 0.25) is 0 Å². The molecule has 20 heavy (non-hydrogen) atoms. The van der Waals surface area contributed by atoms with Crippen molar-refractivity contribution >= 4 is 11.6 Å². The number of hydrogen-bond donors (Lipinski definition) is 1. The fourth-order valence-electron chi connectivity index (χ4n) is 2.61. The molecule has 7 heteroatoms. The molecule has 0 aliphatic carbocycles. The number of amides is 1. The highest BCUT2D eigenvalue weighted by molar-refractivity contribution is 5.98. The molecule has 2 aromatic rings. The van der Waals surface area contributed by atoms with E-state index in [0.29, 0.717) is 24.5 Å². The number of aromatic nitrogens is 4. The number of fused-ring (bicyclic) bond motifs is 1. The smallest absolute Gasteiger partial charge is 0.274 e. The van der Waals surface area contributed by atoms with Crippen LogP contribution >= 0.6 is 0 Å². The topological polar surface area (TPSA) is 82.0 Å². The summed E-state index contributed by atoms with van der Waals surface area (Å²) in [7, 11) is 1.76. The molecule has 0 aromatic carbocycles. The predicted molar refractivity (Wildman–Crippen MR) is 74.0 cm³/mol. The van der Waals surface area contributed by atoms with Gasteiger partial charge in [-0.3, -0.25) is 9.48 Å². The third-order valence-electron chi connectivity index (χ3n) is 3.73. The lowest BCUT2D eigenvalue weighted by Crippen LogP contribution is -2.39. The summed E-state index contributed by atoms with van der Waals surface area (Å²) >= 11 is 0. The first-order valence-corrected chi connectivity index (χ1v) is 6.72. The lowest BCUT2D eigenvalue weighted by Gasteiger charge is -2.27. The summed E-state index contributed by atoms with van der Waals surface area (Å²) in [4.78, 5) is 18.7. The van der Waals surface area contributed by atoms with Crippen LogP contribution in [0.4, 0.5) is 5.69 Å². The number of anilines is 1. The van der Waals surface area contributed by atoms with E-state index >= 15 is 0 Å². The first-order valence-electron chi connectivity index (χ1n) is 6.72. The number of nitrogen functional groups attached to an aromatic ring is 1. The van der Waals surface area contributed by atoms with Crippen LogP contribution in [-0.4, -0.2) is 36.7 Å². The first kappa shape index (κ1) is 12.7. The Hall–Kier alpha value is -2.31. The minimum atomic E-state index is -0.0774. The number of carbonyl (C=O) groups excluding carboxylic acids is 1. The van der Waals surface area contributed by atoms with Crippen LogP contribution in [0.2, 0.25) is 0 Å². The Morgan fingerprint density at radius 2 is 2.25 bits per heavy atom. The van der Waals surface area contributed by atoms with E-state index in [1.165, 1.54) is 0 Å². The Kier molecular flexibility index (Phi) is 2.96. The van der Waals surface area contributed by atoms with E-state index < -0.39 is 0 Å². The number of rotatable bonds is 2. The highest BCUT2D eigenvalue weighted by Gasteiger charge is 2.27. The summed E-state index contributed by atoms with van der Waals surface area (Å²) in [5.74, 6) is 0.826. The molecule has 0 fully saturated rings. The normalized spacial score (nSPS) is 14.4. The molecule has 2 aromatic heterocycles. The van der Waals surface area contributed by atoms with Gasteiger partial charge in [-0.1, -0.05) is 6.92 Å². The second kappa shape index (κ2) is 4.66. The molecule has 1 aliphatic rings. The van der Waals surface area contributed by atoms with E-state index in [4.69, 9.17) is 5.73 Å². The molecular weight excluding hydrogens is 256 g/mol. The van der Waals surface area contributed by atoms with Crippen molar-refractivity contribution in [1.82, 2.24) is 24.2 Å². The van der Waals surface area contributed by atoms with Crippen LogP contribution in [0.25, 0.3) is 0 Å². The molecule has 0 atom stereocenters. The number of aryl methyl sites for hydroxylation is 2. The number of imidazole rings is 1. The van der Waals surface area contributed by atoms with E-state index in [2.05, 4.69) is 14.6 Å². The molecule has 0 saturated carbocycles. The Labute approximate surface area is 117 Å². The first-order chi connectivity index (χ1) is 9.61. The molecule has 0 unspecified atom stereocenters. The Bertz CT molecular complexity index is 656. The quantitative estimate of drug-likeness (QED) is 0.860. The van der Waals surface area contributed by atoms with Crippen LogP contribution in [0.5, 0.6) is 0 Å². The molecule has 0 saturated heterocycles. The van der Waals surface area contributed by atoms with Gasteiger partial charge in [0.05, 0.1) is 17.9 Å². The molecule has 106 valence electrons. The minimum absolute atomic E-state index is 0.0774. The summed E-state index contributed by atoms with van der Waals surface area (Å²) < 4.78 is 3.64. The highest BCUT2D eigenvalue weighted by Crippen LogP contribution is 2.21. The molecule has 0 radical (unpaired) electrons. The van der Waals surface area contributed by atoms with Gasteiger partial charge < -0.3 is 15.2 Å². The summed E-state index contributed by atoms with van der Waals surface area (Å²) in [6, 6.07) is 0. The molecule has 3 heterocycles. The summed E-state index contributed by atoms with van der Waals surface area (Å²) in [5, 5.41) is 4.30. The average molecular weight is 274 g/mol. The highest BCUT2D eigenvalue weighted by atomic mass is 16.2. The van der Waals surface area contributed by atoms with E-state index in [1.54, 1.807) is 22.8 Å². The minimum Gasteiger partial charge on any atom is -0.395 e. The third-order valence-corrected chi connectivity index (χ3v) is 3.73. The number of hydrogen-bond acceptors (Lipinski definition) is 4. The Morgan fingerprint density at radius 3 is 2.95 bits per heavy atom. The molecule has 3 rings (SSSR count). The summed E-state index contributed by atoms with van der Waals surface area (Å²) in [5.41, 5.74) is 7.79. The third kappa shape index (κ3) is 1.86. The predicted octanol–water partition coefficient (Wildman–Crippen LogP) is 0.417. The Morgan fingerprint density at radius 1 is 1.45 bits per heavy atom. The van der Waals surface area contributed by atoms with Crippen LogP contribution in [-0.2, 0) is 26.6 Å². The number of carbonyl (C=O) groups is 1. The molecule has 1 amide bonds. The van der Waals surface area contributed by atoms with Crippen LogP contribution < -0.4 is 5.73 Å². The van der Waals surface area contributed by atoms with E-state index in [-0.39, 0.29) is 5.91 Å². The molecule has 2 N–H and O–H groups in total. The van der Waals surface area contributed by atoms with Gasteiger partial charge in [-0.2, -0.15) is 5.10 Å². The van der Waals surface area contributed by atoms with Gasteiger partial charge in [-0.15, -0.1) is 0 Å². The van der Waals surface area contributed by atoms with Crippen LogP contribution in [0.15, 0.2) is 12.4 Å². The molecule has 7 nitrogen and oxygen atoms in total. The van der Waals surface area contributed by atoms with Crippen molar-refractivity contribution in [3.05, 3.63) is 29.6 Å². The molecule has 0 spiro atoms. The van der Waals surface area contributed by atoms with Crippen molar-refractivity contribution in [3.8, 4) is 0 Å². The van der Waals surface area contributed by atoms with Gasteiger partial charge in [0.25, 0.3) is 5.91 Å². The second-order valence-corrected chi connectivity index (χ2v) is 4.95. The van der Waals surface area contributed by atoms with Crippen LogP contribution in [0, 0.1) is 0 Å². The summed E-state index contributed by atoms with van der Waals surface area (Å²) in [6.45, 7) is 3.91. The monoisotopic (exact) mass is 274 g/mol. The number of nitrogens with two attached hydrogens (primary N) is 1. The van der Waals surface area contributed by atoms with Crippen molar-refractivity contribution in [2.75, 3.05) is 12.3 Å². The van der Waals surface area contributed by atoms with Crippen molar-refractivity contribution < 1.29 is 4.79 Å². The fourth-order valence-corrected chi connectivity index (χ4v) is 2.61. The van der Waals surface area contributed by atoms with Crippen molar-refractivity contribution in [3.63, 3.8) is 0 Å². The maximum absolute atomic E-state index is 12.7. The summed E-state index contributed by atoms with van der Waals surface area (Å²) in [6.07, 6.45) is 4.42. The molecular formula is C13H18N6O.